The third-order valence-corrected chi connectivity index (χ3v) is 5.82. The maximum absolute atomic E-state index is 12.7. The van der Waals surface area contributed by atoms with Gasteiger partial charge in [-0.15, -0.1) is 0 Å². The zero-order valence-electron chi connectivity index (χ0n) is 14.4. The van der Waals surface area contributed by atoms with Crippen LogP contribution in [0.3, 0.4) is 0 Å². The first kappa shape index (κ1) is 18.1. The molecule has 0 radical (unpaired) electrons. The van der Waals surface area contributed by atoms with Crippen LogP contribution in [0, 0.1) is 11.3 Å². The highest BCUT2D eigenvalue weighted by molar-refractivity contribution is 8.04. The summed E-state index contributed by atoms with van der Waals surface area (Å²) in [7, 11) is 1.57. The fourth-order valence-electron chi connectivity index (χ4n) is 3.23. The van der Waals surface area contributed by atoms with Crippen LogP contribution in [-0.2, 0) is 4.79 Å². The molecule has 136 valence electrons. The van der Waals surface area contributed by atoms with E-state index in [1.807, 2.05) is 12.1 Å². The molecule has 26 heavy (non-hydrogen) atoms. The van der Waals surface area contributed by atoms with Crippen molar-refractivity contribution in [2.24, 2.45) is 5.73 Å². The van der Waals surface area contributed by atoms with Crippen LogP contribution < -0.4 is 15.8 Å². The standard InChI is InChI=1S/C18H20N4O3S/c1-25-12-6-4-11(5-7-12)14-13(10-19)16(20)26-15(14)17(23)21-18(24)22-8-2-3-9-22/h4-7,14-15H,2-3,8-9,20H2,1H3,(H,21,23,24). The second kappa shape index (κ2) is 7.70. The molecule has 7 nitrogen and oxygen atoms in total. The van der Waals surface area contributed by atoms with E-state index in [0.29, 0.717) is 29.4 Å². The normalized spacial score (nSPS) is 22.2. The molecule has 3 N–H and O–H groups in total. The van der Waals surface area contributed by atoms with E-state index in [1.54, 1.807) is 24.1 Å². The van der Waals surface area contributed by atoms with Gasteiger partial charge in [-0.25, -0.2) is 4.79 Å². The van der Waals surface area contributed by atoms with Gasteiger partial charge in [0.1, 0.15) is 11.0 Å². The van der Waals surface area contributed by atoms with Crippen molar-refractivity contribution in [1.82, 2.24) is 10.2 Å². The van der Waals surface area contributed by atoms with Gasteiger partial charge in [0.2, 0.25) is 5.91 Å². The zero-order chi connectivity index (χ0) is 18.7. The Kier molecular flexibility index (Phi) is 5.38. The van der Waals surface area contributed by atoms with Crippen LogP contribution in [0.2, 0.25) is 0 Å². The van der Waals surface area contributed by atoms with E-state index in [2.05, 4.69) is 11.4 Å². The predicted octanol–water partition coefficient (Wildman–Crippen LogP) is 1.92. The number of methoxy groups -OCH3 is 1. The number of nitrogens with two attached hydrogens (primary N) is 1. The van der Waals surface area contributed by atoms with Gasteiger partial charge in [-0.2, -0.15) is 5.26 Å². The Labute approximate surface area is 156 Å². The quantitative estimate of drug-likeness (QED) is 0.839. The van der Waals surface area contributed by atoms with Gasteiger partial charge in [0.05, 0.1) is 23.8 Å². The van der Waals surface area contributed by atoms with Crippen LogP contribution in [0.25, 0.3) is 0 Å². The Balaban J connectivity index is 1.81. The molecule has 1 saturated heterocycles. The number of nitrogens with zero attached hydrogens (tertiary/aromatic N) is 2. The van der Waals surface area contributed by atoms with E-state index in [0.717, 1.165) is 30.2 Å². The topological polar surface area (TPSA) is 108 Å². The minimum atomic E-state index is -0.662. The molecule has 1 aromatic carbocycles. The van der Waals surface area contributed by atoms with Crippen molar-refractivity contribution >= 4 is 23.7 Å². The smallest absolute Gasteiger partial charge is 0.324 e. The lowest BCUT2D eigenvalue weighted by molar-refractivity contribution is -0.119. The largest absolute Gasteiger partial charge is 0.497 e. The van der Waals surface area contributed by atoms with Gasteiger partial charge in [-0.1, -0.05) is 23.9 Å². The number of likely N-dealkylation sites (tertiary alicyclic amines) is 1. The number of thioether (sulfide) groups is 1. The van der Waals surface area contributed by atoms with Crippen LogP contribution in [0.5, 0.6) is 5.75 Å². The molecule has 2 atom stereocenters. The maximum Gasteiger partial charge on any atom is 0.324 e. The van der Waals surface area contributed by atoms with Gasteiger partial charge < -0.3 is 15.4 Å². The fourth-order valence-corrected chi connectivity index (χ4v) is 4.40. The number of rotatable bonds is 3. The monoisotopic (exact) mass is 372 g/mol. The van der Waals surface area contributed by atoms with E-state index in [4.69, 9.17) is 10.5 Å². The van der Waals surface area contributed by atoms with Crippen molar-refractivity contribution < 1.29 is 14.3 Å². The highest BCUT2D eigenvalue weighted by Gasteiger charge is 2.41. The zero-order valence-corrected chi connectivity index (χ0v) is 15.2. The summed E-state index contributed by atoms with van der Waals surface area (Å²) >= 11 is 1.12. The molecule has 0 spiro atoms. The van der Waals surface area contributed by atoms with Gasteiger partial charge in [0, 0.05) is 19.0 Å². The molecule has 0 bridgehead atoms. The van der Waals surface area contributed by atoms with E-state index in [1.165, 1.54) is 0 Å². The van der Waals surface area contributed by atoms with Gasteiger partial charge in [-0.3, -0.25) is 10.1 Å². The molecule has 3 amide bonds. The number of carbonyl (C=O) groups is 2. The summed E-state index contributed by atoms with van der Waals surface area (Å²) in [6, 6.07) is 8.89. The van der Waals surface area contributed by atoms with E-state index in [9.17, 15) is 14.9 Å². The van der Waals surface area contributed by atoms with Crippen molar-refractivity contribution in [3.8, 4) is 11.8 Å². The lowest BCUT2D eigenvalue weighted by Crippen LogP contribution is -2.45. The number of amides is 3. The number of hydrogen-bond donors (Lipinski definition) is 2. The van der Waals surface area contributed by atoms with E-state index < -0.39 is 17.1 Å². The average molecular weight is 372 g/mol. The number of imide groups is 1. The maximum atomic E-state index is 12.7. The van der Waals surface area contributed by atoms with Gasteiger partial charge in [-0.05, 0) is 30.5 Å². The number of nitriles is 1. The number of ether oxygens (including phenoxy) is 1. The number of hydrogen-bond acceptors (Lipinski definition) is 6. The summed E-state index contributed by atoms with van der Waals surface area (Å²) in [5.41, 5.74) is 7.11. The van der Waals surface area contributed by atoms with E-state index >= 15 is 0 Å². The Bertz CT molecular complexity index is 779. The van der Waals surface area contributed by atoms with Gasteiger partial charge in [0.15, 0.2) is 0 Å². The first-order valence-electron chi connectivity index (χ1n) is 8.35. The molecular weight excluding hydrogens is 352 g/mol. The first-order valence-corrected chi connectivity index (χ1v) is 9.23. The second-order valence-electron chi connectivity index (χ2n) is 6.17. The molecule has 2 aliphatic heterocycles. The number of allylic oxidation sites excluding steroid dienone is 1. The van der Waals surface area contributed by atoms with Crippen LogP contribution in [0.15, 0.2) is 34.9 Å². The Morgan fingerprint density at radius 3 is 2.54 bits per heavy atom. The van der Waals surface area contributed by atoms with Crippen molar-refractivity contribution in [2.45, 2.75) is 24.0 Å². The van der Waals surface area contributed by atoms with Crippen LogP contribution in [0.4, 0.5) is 4.79 Å². The highest BCUT2D eigenvalue weighted by atomic mass is 32.2. The average Bonchev–Trinajstić information content (AvgIpc) is 3.29. The van der Waals surface area contributed by atoms with Crippen molar-refractivity contribution in [3.63, 3.8) is 0 Å². The molecule has 1 aromatic rings. The molecule has 0 aliphatic carbocycles. The van der Waals surface area contributed by atoms with Crippen LogP contribution in [-0.4, -0.2) is 42.3 Å². The highest BCUT2D eigenvalue weighted by Crippen LogP contribution is 2.45. The molecular formula is C18H20N4O3S. The molecule has 3 rings (SSSR count). The fraction of sp³-hybridized carbons (Fsp3) is 0.389. The molecule has 8 heteroatoms. The summed E-state index contributed by atoms with van der Waals surface area (Å²) in [4.78, 5) is 26.6. The predicted molar refractivity (Wildman–Crippen MR) is 98.3 cm³/mol. The first-order chi connectivity index (χ1) is 12.5. The van der Waals surface area contributed by atoms with Crippen LogP contribution >= 0.6 is 11.8 Å². The number of benzene rings is 1. The lowest BCUT2D eigenvalue weighted by Gasteiger charge is -2.21. The Hall–Kier alpha value is -2.66. The molecule has 2 heterocycles. The SMILES string of the molecule is COc1ccc(C2C(C#N)=C(N)SC2C(=O)NC(=O)N2CCCC2)cc1. The van der Waals surface area contributed by atoms with Crippen LogP contribution in [0.1, 0.15) is 24.3 Å². The molecule has 2 aliphatic rings. The van der Waals surface area contributed by atoms with E-state index in [-0.39, 0.29) is 6.03 Å². The minimum Gasteiger partial charge on any atom is -0.497 e. The molecule has 0 saturated carbocycles. The molecule has 1 fully saturated rings. The second-order valence-corrected chi connectivity index (χ2v) is 7.35. The summed E-state index contributed by atoms with van der Waals surface area (Å²) < 4.78 is 5.15. The molecule has 0 aromatic heterocycles. The van der Waals surface area contributed by atoms with Crippen molar-refractivity contribution in [1.29, 1.82) is 5.26 Å². The molecule has 2 unspecified atom stereocenters. The summed E-state index contributed by atoms with van der Waals surface area (Å²) in [5, 5.41) is 11.6. The third-order valence-electron chi connectivity index (χ3n) is 4.61. The number of carbonyl (C=O) groups excluding carboxylic acids is 2. The number of nitrogens with one attached hydrogen (secondary N) is 1. The summed E-state index contributed by atoms with van der Waals surface area (Å²) in [6.45, 7) is 1.31. The summed E-state index contributed by atoms with van der Waals surface area (Å²) in [5.74, 6) is -0.247. The van der Waals surface area contributed by atoms with Gasteiger partial charge >= 0.3 is 6.03 Å². The van der Waals surface area contributed by atoms with Crippen molar-refractivity contribution in [2.75, 3.05) is 20.2 Å². The summed E-state index contributed by atoms with van der Waals surface area (Å²) in [6.07, 6.45) is 1.89. The lowest BCUT2D eigenvalue weighted by atomic mass is 9.88. The van der Waals surface area contributed by atoms with Crippen molar-refractivity contribution in [3.05, 3.63) is 40.4 Å². The van der Waals surface area contributed by atoms with Gasteiger partial charge in [0.25, 0.3) is 0 Å². The Morgan fingerprint density at radius 2 is 1.96 bits per heavy atom. The number of urea groups is 1. The Morgan fingerprint density at radius 1 is 1.31 bits per heavy atom. The minimum absolute atomic E-state index is 0.321. The third kappa shape index (κ3) is 3.48.